The third-order valence-electron chi connectivity index (χ3n) is 4.43. The van der Waals surface area contributed by atoms with E-state index in [0.717, 1.165) is 18.6 Å². The van der Waals surface area contributed by atoms with E-state index in [1.807, 2.05) is 22.9 Å². The Labute approximate surface area is 125 Å². The summed E-state index contributed by atoms with van der Waals surface area (Å²) in [5.41, 5.74) is 1.11. The topological polar surface area (TPSA) is 37.3 Å². The Kier molecular flexibility index (Phi) is 4.25. The van der Waals surface area contributed by atoms with Gasteiger partial charge in [0.2, 0.25) is 5.91 Å². The van der Waals surface area contributed by atoms with E-state index in [1.54, 1.807) is 0 Å². The molecule has 0 saturated carbocycles. The second-order valence-electron chi connectivity index (χ2n) is 5.73. The van der Waals surface area contributed by atoms with Crippen LogP contribution >= 0.6 is 0 Å². The van der Waals surface area contributed by atoms with Crippen molar-refractivity contribution < 1.29 is 4.79 Å². The maximum absolute atomic E-state index is 12.2. The fourth-order valence-electron chi connectivity index (χ4n) is 3.26. The minimum absolute atomic E-state index is 0.0966. The first-order valence-corrected chi connectivity index (χ1v) is 7.82. The average molecular weight is 285 g/mol. The molecular formula is C17H23N3O. The molecule has 2 heterocycles. The van der Waals surface area contributed by atoms with Gasteiger partial charge in [-0.05, 0) is 43.5 Å². The molecule has 1 saturated heterocycles. The van der Waals surface area contributed by atoms with Gasteiger partial charge < -0.3 is 9.88 Å². The quantitative estimate of drug-likeness (QED) is 0.915. The van der Waals surface area contributed by atoms with Crippen molar-refractivity contribution >= 4 is 16.8 Å². The number of carbonyl (C=O) groups is 1. The summed E-state index contributed by atoms with van der Waals surface area (Å²) in [4.78, 5) is 14.6. The Hall–Kier alpha value is -1.81. The van der Waals surface area contributed by atoms with Crippen LogP contribution in [0.15, 0.2) is 36.5 Å². The lowest BCUT2D eigenvalue weighted by molar-refractivity contribution is -0.121. The molecule has 2 aromatic rings. The molecule has 1 atom stereocenters. The lowest BCUT2D eigenvalue weighted by atomic mass is 10.2. The van der Waals surface area contributed by atoms with Crippen LogP contribution in [-0.4, -0.2) is 41.1 Å². The summed E-state index contributed by atoms with van der Waals surface area (Å²) in [5.74, 6) is 0.0966. The van der Waals surface area contributed by atoms with E-state index in [2.05, 4.69) is 35.3 Å². The largest absolute Gasteiger partial charge is 0.353 e. The number of amides is 1. The minimum Gasteiger partial charge on any atom is -0.353 e. The van der Waals surface area contributed by atoms with E-state index in [1.165, 1.54) is 24.8 Å². The van der Waals surface area contributed by atoms with E-state index in [0.29, 0.717) is 12.6 Å². The Morgan fingerprint density at radius 3 is 3.05 bits per heavy atom. The van der Waals surface area contributed by atoms with E-state index in [-0.39, 0.29) is 5.91 Å². The van der Waals surface area contributed by atoms with Crippen molar-refractivity contribution in [2.24, 2.45) is 0 Å². The zero-order chi connectivity index (χ0) is 14.7. The Bertz CT molecular complexity index is 619. The van der Waals surface area contributed by atoms with Gasteiger partial charge in [-0.15, -0.1) is 0 Å². The summed E-state index contributed by atoms with van der Waals surface area (Å²) in [7, 11) is 0. The van der Waals surface area contributed by atoms with Crippen molar-refractivity contribution in [3.05, 3.63) is 36.5 Å². The van der Waals surface area contributed by atoms with Crippen LogP contribution in [0.4, 0.5) is 0 Å². The lowest BCUT2D eigenvalue weighted by Gasteiger charge is -2.22. The number of hydrogen-bond donors (Lipinski definition) is 1. The molecule has 0 bridgehead atoms. The number of fused-ring (bicyclic) bond motifs is 1. The molecule has 1 amide bonds. The van der Waals surface area contributed by atoms with Crippen molar-refractivity contribution in [1.82, 2.24) is 14.8 Å². The summed E-state index contributed by atoms with van der Waals surface area (Å²) < 4.78 is 2.01. The monoisotopic (exact) mass is 285 g/mol. The van der Waals surface area contributed by atoms with Crippen LogP contribution in [-0.2, 0) is 11.3 Å². The first-order valence-electron chi connectivity index (χ1n) is 7.82. The fraction of sp³-hybridized carbons (Fsp3) is 0.471. The van der Waals surface area contributed by atoms with Crippen LogP contribution in [0.2, 0.25) is 0 Å². The van der Waals surface area contributed by atoms with E-state index < -0.39 is 0 Å². The molecule has 21 heavy (non-hydrogen) atoms. The predicted molar refractivity (Wildman–Crippen MR) is 85.2 cm³/mol. The van der Waals surface area contributed by atoms with Crippen LogP contribution < -0.4 is 5.32 Å². The number of carbonyl (C=O) groups excluding carboxylic acids is 1. The van der Waals surface area contributed by atoms with Crippen molar-refractivity contribution in [3.8, 4) is 0 Å². The number of nitrogens with zero attached hydrogens (tertiary/aromatic N) is 2. The molecule has 4 nitrogen and oxygen atoms in total. The van der Waals surface area contributed by atoms with Gasteiger partial charge in [0.1, 0.15) is 6.54 Å². The molecule has 1 aliphatic heterocycles. The van der Waals surface area contributed by atoms with Gasteiger partial charge in [0.15, 0.2) is 0 Å². The number of aromatic nitrogens is 1. The molecule has 0 aliphatic carbocycles. The fourth-order valence-corrected chi connectivity index (χ4v) is 3.26. The van der Waals surface area contributed by atoms with Gasteiger partial charge in [-0.3, -0.25) is 9.69 Å². The summed E-state index contributed by atoms with van der Waals surface area (Å²) >= 11 is 0. The first-order chi connectivity index (χ1) is 10.3. The number of rotatable bonds is 5. The molecule has 1 aromatic heterocycles. The zero-order valence-electron chi connectivity index (χ0n) is 12.6. The highest BCUT2D eigenvalue weighted by molar-refractivity contribution is 5.83. The van der Waals surface area contributed by atoms with Gasteiger partial charge in [0, 0.05) is 24.3 Å². The maximum atomic E-state index is 12.2. The van der Waals surface area contributed by atoms with Crippen molar-refractivity contribution in [3.63, 3.8) is 0 Å². The van der Waals surface area contributed by atoms with Gasteiger partial charge in [0.25, 0.3) is 0 Å². The summed E-state index contributed by atoms with van der Waals surface area (Å²) in [6, 6.07) is 10.7. The summed E-state index contributed by atoms with van der Waals surface area (Å²) in [5, 5.41) is 4.27. The number of nitrogens with one attached hydrogen (secondary N) is 1. The summed E-state index contributed by atoms with van der Waals surface area (Å²) in [6.45, 7) is 5.59. The number of likely N-dealkylation sites (N-methyl/N-ethyl adjacent to an activating group) is 1. The minimum atomic E-state index is 0.0966. The predicted octanol–water partition coefficient (Wildman–Crippen LogP) is 2.24. The highest BCUT2D eigenvalue weighted by Crippen LogP contribution is 2.16. The first kappa shape index (κ1) is 14.1. The van der Waals surface area contributed by atoms with Gasteiger partial charge in [-0.25, -0.2) is 0 Å². The van der Waals surface area contributed by atoms with Crippen molar-refractivity contribution in [2.45, 2.75) is 32.4 Å². The zero-order valence-corrected chi connectivity index (χ0v) is 12.6. The molecule has 1 N–H and O–H groups in total. The van der Waals surface area contributed by atoms with E-state index >= 15 is 0 Å². The number of likely N-dealkylation sites (tertiary alicyclic amines) is 1. The molecular weight excluding hydrogens is 262 g/mol. The van der Waals surface area contributed by atoms with Crippen molar-refractivity contribution in [1.29, 1.82) is 0 Å². The van der Waals surface area contributed by atoms with Crippen LogP contribution in [0.5, 0.6) is 0 Å². The molecule has 112 valence electrons. The third-order valence-corrected chi connectivity index (χ3v) is 4.43. The van der Waals surface area contributed by atoms with Gasteiger partial charge in [-0.2, -0.15) is 0 Å². The van der Waals surface area contributed by atoms with Gasteiger partial charge in [0.05, 0.1) is 0 Å². The second-order valence-corrected chi connectivity index (χ2v) is 5.73. The SMILES string of the molecule is CCN1CCC[C@@H]1CNC(=O)Cn1ccc2ccccc21. The second kappa shape index (κ2) is 6.31. The Morgan fingerprint density at radius 1 is 1.33 bits per heavy atom. The Balaban J connectivity index is 1.57. The lowest BCUT2D eigenvalue weighted by Crippen LogP contribution is -2.40. The standard InChI is InChI=1S/C17H23N3O/c1-2-19-10-5-7-15(19)12-18-17(21)13-20-11-9-14-6-3-4-8-16(14)20/h3-4,6,8-9,11,15H,2,5,7,10,12-13H2,1H3,(H,18,21)/t15-/m1/s1. The molecule has 1 aromatic carbocycles. The summed E-state index contributed by atoms with van der Waals surface area (Å²) in [6.07, 6.45) is 4.43. The smallest absolute Gasteiger partial charge is 0.239 e. The highest BCUT2D eigenvalue weighted by Gasteiger charge is 2.23. The molecule has 1 aliphatic rings. The van der Waals surface area contributed by atoms with Crippen LogP contribution in [0.1, 0.15) is 19.8 Å². The average Bonchev–Trinajstić information content (AvgIpc) is 3.12. The van der Waals surface area contributed by atoms with Crippen LogP contribution in [0.3, 0.4) is 0 Å². The molecule has 0 unspecified atom stereocenters. The van der Waals surface area contributed by atoms with E-state index in [9.17, 15) is 4.79 Å². The molecule has 4 heteroatoms. The number of para-hydroxylation sites is 1. The molecule has 1 fully saturated rings. The maximum Gasteiger partial charge on any atom is 0.239 e. The normalized spacial score (nSPS) is 19.2. The van der Waals surface area contributed by atoms with Gasteiger partial charge in [-0.1, -0.05) is 25.1 Å². The Morgan fingerprint density at radius 2 is 2.19 bits per heavy atom. The third kappa shape index (κ3) is 3.10. The molecule has 3 rings (SSSR count). The van der Waals surface area contributed by atoms with Crippen LogP contribution in [0.25, 0.3) is 10.9 Å². The van der Waals surface area contributed by atoms with E-state index in [4.69, 9.17) is 0 Å². The van der Waals surface area contributed by atoms with Crippen molar-refractivity contribution in [2.75, 3.05) is 19.6 Å². The molecule has 0 spiro atoms. The van der Waals surface area contributed by atoms with Gasteiger partial charge >= 0.3 is 0 Å². The van der Waals surface area contributed by atoms with Crippen LogP contribution in [0, 0.1) is 0 Å². The molecule has 0 radical (unpaired) electrons. The number of hydrogen-bond acceptors (Lipinski definition) is 2. The highest BCUT2D eigenvalue weighted by atomic mass is 16.1. The number of benzene rings is 1.